The van der Waals surface area contributed by atoms with Crippen LogP contribution in [0, 0.1) is 0 Å². The molecule has 3 rings (SSSR count). The van der Waals surface area contributed by atoms with E-state index in [2.05, 4.69) is 0 Å². The van der Waals surface area contributed by atoms with Gasteiger partial charge in [0.25, 0.3) is 0 Å². The fourth-order valence-electron chi connectivity index (χ4n) is 4.39. The maximum absolute atomic E-state index is 11.7. The third-order valence-corrected chi connectivity index (χ3v) is 5.71. The number of carboxylic acid groups (broad SMARTS) is 1. The third kappa shape index (κ3) is 5.49. The summed E-state index contributed by atoms with van der Waals surface area (Å²) in [6.07, 6.45) is -12.4. The smallest absolute Gasteiger partial charge is 0.335 e. The lowest BCUT2D eigenvalue weighted by Crippen LogP contribution is -2.61. The zero-order valence-electron chi connectivity index (χ0n) is 19.4. The van der Waals surface area contributed by atoms with Crippen molar-refractivity contribution in [1.82, 2.24) is 0 Å². The van der Waals surface area contributed by atoms with Gasteiger partial charge in [-0.3, -0.25) is 0 Å². The Balaban J connectivity index is 1.89. The Morgan fingerprint density at radius 2 is 1.52 bits per heavy atom. The molecule has 4 N–H and O–H groups in total. The number of carboxylic acids is 1. The van der Waals surface area contributed by atoms with Crippen LogP contribution in [-0.2, 0) is 42.7 Å². The molecular formula is C20H34O13. The molecule has 3 aliphatic rings. The van der Waals surface area contributed by atoms with Crippen LogP contribution in [0.3, 0.4) is 0 Å². The second-order valence-corrected chi connectivity index (χ2v) is 9.07. The summed E-state index contributed by atoms with van der Waals surface area (Å²) in [6, 6.07) is 0. The predicted octanol–water partition coefficient (Wildman–Crippen LogP) is -1.45. The van der Waals surface area contributed by atoms with Crippen molar-refractivity contribution in [2.45, 2.75) is 101 Å². The molecule has 0 amide bonds. The molecule has 192 valence electrons. The topological polar surface area (TPSA) is 172 Å². The normalized spacial score (nSPS) is 39.4. The summed E-state index contributed by atoms with van der Waals surface area (Å²) >= 11 is 0. The lowest BCUT2D eigenvalue weighted by molar-refractivity contribution is -0.312. The first kappa shape index (κ1) is 26.6. The summed E-state index contributed by atoms with van der Waals surface area (Å²) in [5.41, 5.74) is 0. The first-order valence-corrected chi connectivity index (χ1v) is 10.6. The molecule has 33 heavy (non-hydrogen) atoms. The van der Waals surface area contributed by atoms with Crippen molar-refractivity contribution in [1.29, 1.82) is 0 Å². The minimum atomic E-state index is -2.09. The largest absolute Gasteiger partial charge is 0.479 e. The van der Waals surface area contributed by atoms with Crippen molar-refractivity contribution < 1.29 is 63.1 Å². The number of aliphatic carboxylic acids is 1. The standard InChI is InChI=1S/C20H34O13/c1-19(2)30-11-8(7-21)28-17(10(23)13(11)31-19)29-12(9(22)16(24)25)14-15(18(26-5)27-6)33-20(3,4)32-14/h8-15,17-18,21-23H,7H2,1-6H3,(H,24,25)/t8-,9+,10-,11+,12-,13-,14+,15-,17+/m1/s1. The number of rotatable bonds is 9. The molecule has 0 spiro atoms. The molecule has 3 fully saturated rings. The number of ether oxygens (including phenoxy) is 8. The van der Waals surface area contributed by atoms with Gasteiger partial charge in [-0.2, -0.15) is 0 Å². The van der Waals surface area contributed by atoms with E-state index < -0.39 is 85.6 Å². The Bertz CT molecular complexity index is 681. The van der Waals surface area contributed by atoms with E-state index in [9.17, 15) is 25.2 Å². The van der Waals surface area contributed by atoms with Crippen LogP contribution < -0.4 is 0 Å². The van der Waals surface area contributed by atoms with Gasteiger partial charge in [0.15, 0.2) is 30.3 Å². The van der Waals surface area contributed by atoms with Crippen molar-refractivity contribution in [3.63, 3.8) is 0 Å². The van der Waals surface area contributed by atoms with Crippen LogP contribution in [0.15, 0.2) is 0 Å². The van der Waals surface area contributed by atoms with E-state index in [1.165, 1.54) is 14.2 Å². The molecule has 0 aromatic heterocycles. The highest BCUT2D eigenvalue weighted by molar-refractivity contribution is 5.72. The first-order chi connectivity index (χ1) is 15.3. The van der Waals surface area contributed by atoms with E-state index in [1.54, 1.807) is 27.7 Å². The monoisotopic (exact) mass is 482 g/mol. The van der Waals surface area contributed by atoms with Crippen LogP contribution >= 0.6 is 0 Å². The molecular weight excluding hydrogens is 448 g/mol. The third-order valence-electron chi connectivity index (χ3n) is 5.71. The Hall–Kier alpha value is -0.970. The maximum atomic E-state index is 11.7. The van der Waals surface area contributed by atoms with E-state index in [1.807, 2.05) is 0 Å². The quantitative estimate of drug-likeness (QED) is 0.282. The number of fused-ring (bicyclic) bond motifs is 1. The summed E-state index contributed by atoms with van der Waals surface area (Å²) in [5, 5.41) is 40.7. The fraction of sp³-hybridized carbons (Fsp3) is 0.950. The van der Waals surface area contributed by atoms with Gasteiger partial charge in [0.1, 0.15) is 42.7 Å². The summed E-state index contributed by atoms with van der Waals surface area (Å²) in [4.78, 5) is 11.7. The highest BCUT2D eigenvalue weighted by atomic mass is 16.8. The first-order valence-electron chi connectivity index (χ1n) is 10.6. The van der Waals surface area contributed by atoms with E-state index in [4.69, 9.17) is 37.9 Å². The van der Waals surface area contributed by atoms with Crippen molar-refractivity contribution in [2.75, 3.05) is 20.8 Å². The molecule has 0 bridgehead atoms. The minimum Gasteiger partial charge on any atom is -0.479 e. The summed E-state index contributed by atoms with van der Waals surface area (Å²) < 4.78 is 45.2. The highest BCUT2D eigenvalue weighted by Crippen LogP contribution is 2.40. The minimum absolute atomic E-state index is 0.479. The second kappa shape index (κ2) is 9.95. The lowest BCUT2D eigenvalue weighted by Gasteiger charge is -2.41. The van der Waals surface area contributed by atoms with Crippen LogP contribution in [0.4, 0.5) is 0 Å². The van der Waals surface area contributed by atoms with Crippen LogP contribution in [0.25, 0.3) is 0 Å². The molecule has 0 unspecified atom stereocenters. The number of carbonyl (C=O) groups is 1. The van der Waals surface area contributed by atoms with E-state index in [-0.39, 0.29) is 0 Å². The zero-order chi connectivity index (χ0) is 24.7. The van der Waals surface area contributed by atoms with Crippen molar-refractivity contribution in [3.8, 4) is 0 Å². The summed E-state index contributed by atoms with van der Waals surface area (Å²) in [7, 11) is 2.73. The van der Waals surface area contributed by atoms with E-state index >= 15 is 0 Å². The molecule has 0 aromatic rings. The number of aliphatic hydroxyl groups is 3. The Morgan fingerprint density at radius 1 is 0.970 bits per heavy atom. The number of hydrogen-bond donors (Lipinski definition) is 4. The summed E-state index contributed by atoms with van der Waals surface area (Å²) in [6.45, 7) is 6.00. The van der Waals surface area contributed by atoms with Crippen molar-refractivity contribution in [3.05, 3.63) is 0 Å². The molecule has 3 saturated heterocycles. The molecule has 9 atom stereocenters. The molecule has 3 aliphatic heterocycles. The van der Waals surface area contributed by atoms with E-state index in [0.29, 0.717) is 0 Å². The average molecular weight is 482 g/mol. The lowest BCUT2D eigenvalue weighted by atomic mass is 9.98. The second-order valence-electron chi connectivity index (χ2n) is 9.07. The van der Waals surface area contributed by atoms with Gasteiger partial charge < -0.3 is 58.3 Å². The molecule has 0 aromatic carbocycles. The average Bonchev–Trinajstić information content (AvgIpc) is 3.23. The molecule has 3 heterocycles. The van der Waals surface area contributed by atoms with Crippen LogP contribution in [0.5, 0.6) is 0 Å². The number of hydrogen-bond acceptors (Lipinski definition) is 12. The fourth-order valence-corrected chi connectivity index (χ4v) is 4.39. The zero-order valence-corrected chi connectivity index (χ0v) is 19.4. The van der Waals surface area contributed by atoms with Gasteiger partial charge in [-0.1, -0.05) is 0 Å². The van der Waals surface area contributed by atoms with Gasteiger partial charge in [-0.25, -0.2) is 4.79 Å². The van der Waals surface area contributed by atoms with E-state index in [0.717, 1.165) is 0 Å². The van der Waals surface area contributed by atoms with Crippen molar-refractivity contribution in [2.24, 2.45) is 0 Å². The summed E-state index contributed by atoms with van der Waals surface area (Å²) in [5.74, 6) is -3.84. The number of methoxy groups -OCH3 is 2. The highest BCUT2D eigenvalue weighted by Gasteiger charge is 2.58. The van der Waals surface area contributed by atoms with Gasteiger partial charge in [-0.05, 0) is 27.7 Å². The Labute approximate surface area is 191 Å². The van der Waals surface area contributed by atoms with Crippen LogP contribution in [-0.4, -0.2) is 120 Å². The van der Waals surface area contributed by atoms with Gasteiger partial charge >= 0.3 is 5.97 Å². The van der Waals surface area contributed by atoms with Gasteiger partial charge in [0, 0.05) is 14.2 Å². The molecule has 13 heteroatoms. The van der Waals surface area contributed by atoms with Gasteiger partial charge in [0.2, 0.25) is 0 Å². The molecule has 0 aliphatic carbocycles. The molecule has 0 radical (unpaired) electrons. The van der Waals surface area contributed by atoms with Gasteiger partial charge in [-0.15, -0.1) is 0 Å². The SMILES string of the molecule is COC(OC)[C@@H]1OC(C)(C)O[C@H]1[C@H](O[C@@H]1O[C@H](CO)[C@@H]2OC(C)(C)O[C@@H]2[C@H]1O)[C@H](O)C(=O)O. The Morgan fingerprint density at radius 3 is 2.06 bits per heavy atom. The predicted molar refractivity (Wildman–Crippen MR) is 106 cm³/mol. The molecule has 13 nitrogen and oxygen atoms in total. The van der Waals surface area contributed by atoms with Gasteiger partial charge in [0.05, 0.1) is 6.61 Å². The van der Waals surface area contributed by atoms with Crippen LogP contribution in [0.1, 0.15) is 27.7 Å². The molecule has 0 saturated carbocycles. The Kier molecular flexibility index (Phi) is 8.03. The maximum Gasteiger partial charge on any atom is 0.335 e. The van der Waals surface area contributed by atoms with Crippen LogP contribution in [0.2, 0.25) is 0 Å². The van der Waals surface area contributed by atoms with Crippen molar-refractivity contribution >= 4 is 5.97 Å². The number of aliphatic hydroxyl groups excluding tert-OH is 3.